The molecular formula is C82H160O17P2. The molecule has 0 bridgehead atoms. The molecule has 0 radical (unpaired) electrons. The fraction of sp³-hybridized carbons (Fsp3) is 0.951. The Morgan fingerprint density at radius 1 is 0.267 bits per heavy atom. The molecule has 2 unspecified atom stereocenters. The van der Waals surface area contributed by atoms with Gasteiger partial charge in [-0.3, -0.25) is 37.3 Å². The van der Waals surface area contributed by atoms with E-state index in [9.17, 15) is 43.2 Å². The highest BCUT2D eigenvalue weighted by Crippen LogP contribution is 2.45. The molecule has 0 aliphatic heterocycles. The lowest BCUT2D eigenvalue weighted by Gasteiger charge is -2.21. The first-order valence-electron chi connectivity index (χ1n) is 42.6. The van der Waals surface area contributed by atoms with Crippen molar-refractivity contribution in [3.05, 3.63) is 0 Å². The molecule has 0 amide bonds. The predicted octanol–water partition coefficient (Wildman–Crippen LogP) is 24.8. The SMILES string of the molecule is CCCCCCCCCCCCCCCCCCCCCCC(=O)O[C@H](COC(=O)CCCCCCCCCCCCCCCCC(C)C)COP(=O)(O)OC[C@@H](O)COP(=O)(O)OC[C@@H](COC(=O)CCCCCCCCCCCCC)OC(=O)CCCCCCCCCCCCCCC. The minimum atomic E-state index is -4.96. The quantitative estimate of drug-likeness (QED) is 0.0222. The Morgan fingerprint density at radius 3 is 0.673 bits per heavy atom. The number of phosphoric ester groups is 2. The number of hydrogen-bond acceptors (Lipinski definition) is 15. The number of ether oxygens (including phenoxy) is 4. The zero-order valence-electron chi connectivity index (χ0n) is 66.1. The van der Waals surface area contributed by atoms with Gasteiger partial charge in [-0.15, -0.1) is 0 Å². The Hall–Kier alpha value is -1.94. The van der Waals surface area contributed by atoms with E-state index >= 15 is 0 Å². The molecule has 0 heterocycles. The van der Waals surface area contributed by atoms with Crippen molar-refractivity contribution in [3.8, 4) is 0 Å². The van der Waals surface area contributed by atoms with Crippen molar-refractivity contribution in [1.29, 1.82) is 0 Å². The summed E-state index contributed by atoms with van der Waals surface area (Å²) in [4.78, 5) is 73.1. The molecule has 0 aromatic heterocycles. The molecule has 600 valence electrons. The summed E-state index contributed by atoms with van der Waals surface area (Å²) in [5, 5.41) is 10.6. The highest BCUT2D eigenvalue weighted by atomic mass is 31.2. The van der Waals surface area contributed by atoms with Crippen LogP contribution in [0.5, 0.6) is 0 Å². The Balaban J connectivity index is 5.23. The van der Waals surface area contributed by atoms with E-state index in [-0.39, 0.29) is 25.7 Å². The second-order valence-corrected chi connectivity index (χ2v) is 32.9. The summed E-state index contributed by atoms with van der Waals surface area (Å²) in [5.74, 6) is -1.30. The maximum Gasteiger partial charge on any atom is 0.472 e. The van der Waals surface area contributed by atoms with Crippen LogP contribution in [-0.2, 0) is 65.4 Å². The van der Waals surface area contributed by atoms with E-state index < -0.39 is 97.5 Å². The first-order chi connectivity index (χ1) is 49.0. The first kappa shape index (κ1) is 99.1. The van der Waals surface area contributed by atoms with Crippen LogP contribution in [0.1, 0.15) is 439 Å². The molecule has 0 aliphatic carbocycles. The average molecular weight is 1480 g/mol. The van der Waals surface area contributed by atoms with Crippen LogP contribution >= 0.6 is 15.6 Å². The zero-order chi connectivity index (χ0) is 74.1. The number of phosphoric acid groups is 2. The number of carbonyl (C=O) groups excluding carboxylic acids is 4. The number of carbonyl (C=O) groups is 4. The van der Waals surface area contributed by atoms with Gasteiger partial charge in [0.15, 0.2) is 12.2 Å². The van der Waals surface area contributed by atoms with E-state index in [1.165, 1.54) is 263 Å². The smallest absolute Gasteiger partial charge is 0.462 e. The van der Waals surface area contributed by atoms with Gasteiger partial charge in [0.1, 0.15) is 19.3 Å². The van der Waals surface area contributed by atoms with Gasteiger partial charge in [0, 0.05) is 25.7 Å². The topological polar surface area (TPSA) is 237 Å². The third-order valence-electron chi connectivity index (χ3n) is 19.3. The van der Waals surface area contributed by atoms with Crippen molar-refractivity contribution in [2.45, 2.75) is 457 Å². The monoisotopic (exact) mass is 1480 g/mol. The molecule has 0 aliphatic rings. The van der Waals surface area contributed by atoms with Crippen molar-refractivity contribution in [3.63, 3.8) is 0 Å². The van der Waals surface area contributed by atoms with Gasteiger partial charge in [-0.05, 0) is 31.6 Å². The van der Waals surface area contributed by atoms with E-state index in [1.54, 1.807) is 0 Å². The largest absolute Gasteiger partial charge is 0.472 e. The van der Waals surface area contributed by atoms with E-state index in [4.69, 9.17) is 37.0 Å². The average Bonchev–Trinajstić information content (AvgIpc) is 0.927. The molecule has 17 nitrogen and oxygen atoms in total. The second kappa shape index (κ2) is 74.9. The lowest BCUT2D eigenvalue weighted by atomic mass is 10.0. The summed E-state index contributed by atoms with van der Waals surface area (Å²) < 4.78 is 68.8. The third kappa shape index (κ3) is 76.1. The lowest BCUT2D eigenvalue weighted by Crippen LogP contribution is -2.30. The molecule has 0 saturated heterocycles. The molecule has 0 spiro atoms. The summed E-state index contributed by atoms with van der Waals surface area (Å²) >= 11 is 0. The molecule has 3 N–H and O–H groups in total. The second-order valence-electron chi connectivity index (χ2n) is 30.0. The molecule has 0 aromatic rings. The van der Waals surface area contributed by atoms with Gasteiger partial charge in [0.2, 0.25) is 0 Å². The summed E-state index contributed by atoms with van der Waals surface area (Å²) in [6, 6.07) is 0. The van der Waals surface area contributed by atoms with Gasteiger partial charge in [-0.1, -0.05) is 388 Å². The Labute approximate surface area is 619 Å². The highest BCUT2D eigenvalue weighted by molar-refractivity contribution is 7.47. The Bertz CT molecular complexity index is 1930. The van der Waals surface area contributed by atoms with Crippen LogP contribution in [0.2, 0.25) is 0 Å². The van der Waals surface area contributed by atoms with Gasteiger partial charge in [-0.25, -0.2) is 9.13 Å². The molecule has 0 saturated carbocycles. The van der Waals surface area contributed by atoms with E-state index in [2.05, 4.69) is 34.6 Å². The minimum Gasteiger partial charge on any atom is -0.462 e. The maximum atomic E-state index is 13.1. The van der Waals surface area contributed by atoms with Crippen molar-refractivity contribution >= 4 is 39.5 Å². The normalized spacial score (nSPS) is 13.8. The Morgan fingerprint density at radius 2 is 0.455 bits per heavy atom. The highest BCUT2D eigenvalue weighted by Gasteiger charge is 2.30. The minimum absolute atomic E-state index is 0.108. The third-order valence-corrected chi connectivity index (χ3v) is 21.2. The van der Waals surface area contributed by atoms with Crippen LogP contribution in [0, 0.1) is 5.92 Å². The zero-order valence-corrected chi connectivity index (χ0v) is 67.8. The van der Waals surface area contributed by atoms with Gasteiger partial charge >= 0.3 is 39.5 Å². The van der Waals surface area contributed by atoms with Crippen LogP contribution in [0.3, 0.4) is 0 Å². The van der Waals surface area contributed by atoms with Gasteiger partial charge in [-0.2, -0.15) is 0 Å². The summed E-state index contributed by atoms with van der Waals surface area (Å²) in [5.41, 5.74) is 0. The lowest BCUT2D eigenvalue weighted by molar-refractivity contribution is -0.161. The number of hydrogen-bond donors (Lipinski definition) is 3. The number of aliphatic hydroxyl groups is 1. The maximum absolute atomic E-state index is 13.1. The fourth-order valence-corrected chi connectivity index (χ4v) is 14.3. The van der Waals surface area contributed by atoms with Crippen molar-refractivity contribution in [1.82, 2.24) is 0 Å². The van der Waals surface area contributed by atoms with Crippen molar-refractivity contribution < 1.29 is 80.2 Å². The standard InChI is InChI=1S/C82H160O17P2/c1-6-9-12-15-18-21-24-26-27-28-29-30-31-32-38-43-48-53-58-63-68-82(87)99-78(72-93-80(85)66-61-56-51-46-41-37-34-33-36-40-44-49-54-59-64-75(4)5)74-97-101(90,91)95-70-76(83)69-94-100(88,89)96-73-77(71-92-79(84)65-60-55-50-45-39-23-20-17-14-11-8-3)98-81(86)67-62-57-52-47-42-35-25-22-19-16-13-10-7-2/h75-78,83H,6-74H2,1-5H3,(H,88,89)(H,90,91)/t76-,77+,78+/m0/s1. The van der Waals surface area contributed by atoms with Crippen LogP contribution in [0.4, 0.5) is 0 Å². The molecule has 19 heteroatoms. The fourth-order valence-electron chi connectivity index (χ4n) is 12.8. The molecule has 0 fully saturated rings. The predicted molar refractivity (Wildman–Crippen MR) is 414 cm³/mol. The summed E-state index contributed by atoms with van der Waals surface area (Å²) in [7, 11) is -9.92. The van der Waals surface area contributed by atoms with E-state index in [0.29, 0.717) is 25.7 Å². The summed E-state index contributed by atoms with van der Waals surface area (Å²) in [6.45, 7) is 7.36. The van der Waals surface area contributed by atoms with Gasteiger partial charge in [0.05, 0.1) is 26.4 Å². The van der Waals surface area contributed by atoms with Crippen LogP contribution < -0.4 is 0 Å². The molecule has 101 heavy (non-hydrogen) atoms. The van der Waals surface area contributed by atoms with Crippen LogP contribution in [0.25, 0.3) is 0 Å². The van der Waals surface area contributed by atoms with Crippen molar-refractivity contribution in [2.75, 3.05) is 39.6 Å². The Kier molecular flexibility index (Phi) is 73.5. The number of rotatable bonds is 82. The molecule has 0 rings (SSSR count). The van der Waals surface area contributed by atoms with E-state index in [1.807, 2.05) is 0 Å². The number of unbranched alkanes of at least 4 members (excludes halogenated alkanes) is 54. The van der Waals surface area contributed by atoms with Gasteiger partial charge < -0.3 is 33.8 Å². The molecule has 5 atom stereocenters. The van der Waals surface area contributed by atoms with Crippen molar-refractivity contribution in [2.24, 2.45) is 5.92 Å². The first-order valence-corrected chi connectivity index (χ1v) is 45.6. The van der Waals surface area contributed by atoms with Crippen LogP contribution in [-0.4, -0.2) is 96.7 Å². The van der Waals surface area contributed by atoms with Gasteiger partial charge in [0.25, 0.3) is 0 Å². The molecular weight excluding hydrogens is 1320 g/mol. The van der Waals surface area contributed by atoms with Crippen LogP contribution in [0.15, 0.2) is 0 Å². The molecule has 0 aromatic carbocycles. The van der Waals surface area contributed by atoms with E-state index in [0.717, 1.165) is 95.8 Å². The number of aliphatic hydroxyl groups excluding tert-OH is 1. The number of esters is 4. The summed E-state index contributed by atoms with van der Waals surface area (Å²) in [6.07, 6.45) is 66.5.